The van der Waals surface area contributed by atoms with E-state index in [4.69, 9.17) is 42.3 Å². The van der Waals surface area contributed by atoms with E-state index in [0.29, 0.717) is 39.0 Å². The molecule has 0 saturated carbocycles. The van der Waals surface area contributed by atoms with E-state index in [0.717, 1.165) is 0 Å². The van der Waals surface area contributed by atoms with E-state index in [-0.39, 0.29) is 12.9 Å². The number of benzene rings is 1. The highest BCUT2D eigenvalue weighted by molar-refractivity contribution is 6.39. The Bertz CT molecular complexity index is 632. The van der Waals surface area contributed by atoms with Crippen molar-refractivity contribution in [3.63, 3.8) is 0 Å². The molecule has 7 heteroatoms. The van der Waals surface area contributed by atoms with Gasteiger partial charge < -0.3 is 19.1 Å². The second kappa shape index (κ2) is 5.94. The topological polar surface area (TPSA) is 64.7 Å². The third-order valence-electron chi connectivity index (χ3n) is 3.21. The van der Waals surface area contributed by atoms with Crippen LogP contribution in [0.1, 0.15) is 24.5 Å². The Hall–Kier alpha value is -1.11. The quantitative estimate of drug-likeness (QED) is 0.928. The van der Waals surface area contributed by atoms with Crippen molar-refractivity contribution in [2.24, 2.45) is 0 Å². The summed E-state index contributed by atoms with van der Waals surface area (Å²) in [5.74, 6) is 0.500. The van der Waals surface area contributed by atoms with Gasteiger partial charge in [-0.05, 0) is 19.1 Å². The van der Waals surface area contributed by atoms with Crippen LogP contribution in [0.25, 0.3) is 11.3 Å². The van der Waals surface area contributed by atoms with Crippen molar-refractivity contribution >= 4 is 23.2 Å². The molecular weight excluding hydrogens is 317 g/mol. The van der Waals surface area contributed by atoms with Gasteiger partial charge in [0.15, 0.2) is 12.6 Å². The largest absolute Gasteiger partial charge is 0.396 e. The molecule has 2 aromatic rings. The summed E-state index contributed by atoms with van der Waals surface area (Å²) in [6, 6.07) is 5.19. The number of hydrogen-bond donors (Lipinski definition) is 1. The fourth-order valence-electron chi connectivity index (χ4n) is 2.25. The highest BCUT2D eigenvalue weighted by Gasteiger charge is 2.36. The average Bonchev–Trinajstić information content (AvgIpc) is 2.79. The van der Waals surface area contributed by atoms with Crippen LogP contribution in [0.4, 0.5) is 0 Å². The molecule has 1 saturated heterocycles. The molecule has 1 aromatic heterocycles. The maximum absolute atomic E-state index is 9.14. The normalized spacial score (nSPS) is 21.3. The highest BCUT2D eigenvalue weighted by Crippen LogP contribution is 2.43. The summed E-state index contributed by atoms with van der Waals surface area (Å²) in [4.78, 5) is 0. The van der Waals surface area contributed by atoms with Crippen LogP contribution >= 0.6 is 23.2 Å². The van der Waals surface area contributed by atoms with E-state index in [2.05, 4.69) is 5.16 Å². The fourth-order valence-corrected chi connectivity index (χ4v) is 2.83. The second-order valence-corrected chi connectivity index (χ2v) is 5.42. The lowest BCUT2D eigenvalue weighted by molar-refractivity contribution is -0.382. The van der Waals surface area contributed by atoms with Crippen LogP contribution < -0.4 is 0 Å². The maximum atomic E-state index is 9.14. The average molecular weight is 330 g/mol. The molecule has 3 rings (SSSR count). The van der Waals surface area contributed by atoms with E-state index in [1.54, 1.807) is 25.1 Å². The molecule has 1 aromatic carbocycles. The van der Waals surface area contributed by atoms with Crippen LogP contribution in [-0.2, 0) is 15.9 Å². The standard InChI is InChI=1S/C14H13Cl2NO4/c1-7-19-14(20-7)12-10(5-6-18)21-17-13(12)11-8(15)3-2-4-9(11)16/h2-4,7,14,18H,5-6H2,1H3. The SMILES string of the molecule is CC1OC(c2c(-c3c(Cl)cccc3Cl)noc2CCO)O1. The van der Waals surface area contributed by atoms with Gasteiger partial charge in [-0.15, -0.1) is 0 Å². The summed E-state index contributed by atoms with van der Waals surface area (Å²) >= 11 is 12.4. The number of nitrogens with zero attached hydrogens (tertiary/aromatic N) is 1. The van der Waals surface area contributed by atoms with Gasteiger partial charge in [-0.25, -0.2) is 0 Å². The van der Waals surface area contributed by atoms with E-state index in [9.17, 15) is 0 Å². The minimum Gasteiger partial charge on any atom is -0.396 e. The second-order valence-electron chi connectivity index (χ2n) is 4.61. The Morgan fingerprint density at radius 1 is 1.24 bits per heavy atom. The number of aliphatic hydroxyl groups excluding tert-OH is 1. The summed E-state index contributed by atoms with van der Waals surface area (Å²) < 4.78 is 16.4. The number of halogens is 2. The van der Waals surface area contributed by atoms with E-state index in [1.807, 2.05) is 0 Å². The first-order valence-corrected chi connectivity index (χ1v) is 7.22. The van der Waals surface area contributed by atoms with Crippen LogP contribution in [0, 0.1) is 0 Å². The summed E-state index contributed by atoms with van der Waals surface area (Å²) in [6.45, 7) is 1.72. The maximum Gasteiger partial charge on any atom is 0.195 e. The molecule has 5 nitrogen and oxygen atoms in total. The third-order valence-corrected chi connectivity index (χ3v) is 3.84. The zero-order chi connectivity index (χ0) is 15.0. The van der Waals surface area contributed by atoms with Gasteiger partial charge in [0.25, 0.3) is 0 Å². The van der Waals surface area contributed by atoms with Crippen molar-refractivity contribution in [3.8, 4) is 11.3 Å². The Kier molecular flexibility index (Phi) is 4.19. The molecule has 1 aliphatic rings. The van der Waals surface area contributed by atoms with Gasteiger partial charge in [-0.3, -0.25) is 0 Å². The van der Waals surface area contributed by atoms with Crippen molar-refractivity contribution in [1.29, 1.82) is 0 Å². The molecule has 0 atom stereocenters. The summed E-state index contributed by atoms with van der Waals surface area (Å²) in [6.07, 6.45) is -0.571. The molecule has 0 radical (unpaired) electrons. The Morgan fingerprint density at radius 3 is 2.48 bits per heavy atom. The molecular formula is C14H13Cl2NO4. The number of aromatic nitrogens is 1. The molecule has 0 unspecified atom stereocenters. The van der Waals surface area contributed by atoms with Gasteiger partial charge in [0.1, 0.15) is 11.5 Å². The van der Waals surface area contributed by atoms with Crippen LogP contribution in [0.2, 0.25) is 10.0 Å². The van der Waals surface area contributed by atoms with Gasteiger partial charge in [-0.2, -0.15) is 0 Å². The van der Waals surface area contributed by atoms with Gasteiger partial charge in [0.05, 0.1) is 22.2 Å². The highest BCUT2D eigenvalue weighted by atomic mass is 35.5. The Labute approximate surface area is 131 Å². The minimum absolute atomic E-state index is 0.0693. The molecule has 21 heavy (non-hydrogen) atoms. The van der Waals surface area contributed by atoms with Crippen molar-refractivity contribution in [2.45, 2.75) is 25.9 Å². The lowest BCUT2D eigenvalue weighted by Crippen LogP contribution is -2.32. The van der Waals surface area contributed by atoms with E-state index >= 15 is 0 Å². The monoisotopic (exact) mass is 329 g/mol. The van der Waals surface area contributed by atoms with E-state index < -0.39 is 6.29 Å². The summed E-state index contributed by atoms with van der Waals surface area (Å²) in [5.41, 5.74) is 1.67. The van der Waals surface area contributed by atoms with Crippen molar-refractivity contribution < 1.29 is 19.1 Å². The third kappa shape index (κ3) is 2.67. The van der Waals surface area contributed by atoms with Crippen LogP contribution in [0.3, 0.4) is 0 Å². The van der Waals surface area contributed by atoms with Crippen molar-refractivity contribution in [3.05, 3.63) is 39.6 Å². The summed E-state index contributed by atoms with van der Waals surface area (Å²) in [5, 5.41) is 14.1. The molecule has 1 N–H and O–H groups in total. The number of rotatable bonds is 4. The van der Waals surface area contributed by atoms with Crippen LogP contribution in [-0.4, -0.2) is 23.2 Å². The zero-order valence-corrected chi connectivity index (χ0v) is 12.7. The lowest BCUT2D eigenvalue weighted by Gasteiger charge is -2.33. The smallest absolute Gasteiger partial charge is 0.195 e. The molecule has 1 fully saturated rings. The predicted octanol–water partition coefficient (Wildman–Crippen LogP) is 3.57. The molecule has 0 aliphatic carbocycles. The molecule has 2 heterocycles. The number of ether oxygens (including phenoxy) is 2. The molecule has 0 amide bonds. The lowest BCUT2D eigenvalue weighted by atomic mass is 10.0. The first-order valence-electron chi connectivity index (χ1n) is 6.46. The van der Waals surface area contributed by atoms with Crippen molar-refractivity contribution in [1.82, 2.24) is 5.16 Å². The molecule has 0 spiro atoms. The van der Waals surface area contributed by atoms with Crippen molar-refractivity contribution in [2.75, 3.05) is 6.61 Å². The zero-order valence-electron chi connectivity index (χ0n) is 11.2. The van der Waals surface area contributed by atoms with Gasteiger partial charge in [-0.1, -0.05) is 34.4 Å². The first-order chi connectivity index (χ1) is 10.1. The number of aliphatic hydroxyl groups is 1. The van der Waals surface area contributed by atoms with Gasteiger partial charge >= 0.3 is 0 Å². The molecule has 112 valence electrons. The first kappa shape index (κ1) is 14.8. The predicted molar refractivity (Wildman–Crippen MR) is 77.1 cm³/mol. The van der Waals surface area contributed by atoms with Crippen LogP contribution in [0.15, 0.2) is 22.7 Å². The van der Waals surface area contributed by atoms with E-state index in [1.165, 1.54) is 0 Å². The minimum atomic E-state index is -0.588. The Balaban J connectivity index is 2.10. The van der Waals surface area contributed by atoms with Crippen LogP contribution in [0.5, 0.6) is 0 Å². The summed E-state index contributed by atoms with van der Waals surface area (Å²) in [7, 11) is 0. The van der Waals surface area contributed by atoms with Gasteiger partial charge in [0, 0.05) is 12.0 Å². The molecule has 1 aliphatic heterocycles. The fraction of sp³-hybridized carbons (Fsp3) is 0.357. The Morgan fingerprint density at radius 2 is 1.90 bits per heavy atom. The number of hydrogen-bond acceptors (Lipinski definition) is 5. The van der Waals surface area contributed by atoms with Gasteiger partial charge in [0.2, 0.25) is 0 Å². The molecule has 0 bridgehead atoms.